The monoisotopic (exact) mass is 499 g/mol. The molecule has 3 amide bonds. The van der Waals surface area contributed by atoms with E-state index in [1.54, 1.807) is 30.3 Å². The number of hydrazone groups is 1. The number of nitriles is 1. The van der Waals surface area contributed by atoms with Crippen LogP contribution in [0.1, 0.15) is 17.3 Å². The molecular formula is C21H11Cl2N5O4S. The lowest BCUT2D eigenvalue weighted by Crippen LogP contribution is -2.55. The van der Waals surface area contributed by atoms with E-state index in [2.05, 4.69) is 15.5 Å². The van der Waals surface area contributed by atoms with Crippen LogP contribution in [0.5, 0.6) is 0 Å². The van der Waals surface area contributed by atoms with Gasteiger partial charge in [0.2, 0.25) is 5.78 Å². The molecule has 0 spiro atoms. The maximum Gasteiger partial charge on any atom is 0.302 e. The topological polar surface area (TPSA) is 133 Å². The Morgan fingerprint density at radius 3 is 2.67 bits per heavy atom. The maximum absolute atomic E-state index is 13.4. The number of aromatic nitrogens is 1. The Bertz CT molecular complexity index is 1380. The van der Waals surface area contributed by atoms with Crippen molar-refractivity contribution in [3.63, 3.8) is 0 Å². The van der Waals surface area contributed by atoms with Crippen molar-refractivity contribution in [1.29, 1.82) is 5.26 Å². The van der Waals surface area contributed by atoms with Crippen LogP contribution in [0.2, 0.25) is 10.0 Å². The first-order valence-electron chi connectivity index (χ1n) is 9.28. The van der Waals surface area contributed by atoms with Crippen molar-refractivity contribution in [3.05, 3.63) is 57.5 Å². The summed E-state index contributed by atoms with van der Waals surface area (Å²) in [5.74, 6) is -5.35. The number of rotatable bonds is 4. The van der Waals surface area contributed by atoms with Gasteiger partial charge in [-0.05, 0) is 30.3 Å². The Morgan fingerprint density at radius 1 is 1.18 bits per heavy atom. The predicted octanol–water partition coefficient (Wildman–Crippen LogP) is 3.22. The molecule has 0 saturated carbocycles. The quantitative estimate of drug-likeness (QED) is 0.332. The Kier molecular flexibility index (Phi) is 6.20. The number of thiazole rings is 1. The zero-order chi connectivity index (χ0) is 23.7. The van der Waals surface area contributed by atoms with E-state index in [1.807, 2.05) is 0 Å². The van der Waals surface area contributed by atoms with Crippen LogP contribution in [0.25, 0.3) is 10.2 Å². The van der Waals surface area contributed by atoms with Gasteiger partial charge in [-0.1, -0.05) is 35.3 Å². The lowest BCUT2D eigenvalue weighted by atomic mass is 9.92. The van der Waals surface area contributed by atoms with Gasteiger partial charge < -0.3 is 0 Å². The number of imide groups is 1. The van der Waals surface area contributed by atoms with Crippen molar-refractivity contribution in [1.82, 2.24) is 10.4 Å². The van der Waals surface area contributed by atoms with E-state index >= 15 is 0 Å². The van der Waals surface area contributed by atoms with Crippen LogP contribution in [0.3, 0.4) is 0 Å². The number of Topliss-reactive ketones (excluding diaryl/α,β-unsaturated/α-hetero) is 1. The summed E-state index contributed by atoms with van der Waals surface area (Å²) in [6.45, 7) is 0. The highest BCUT2D eigenvalue weighted by molar-refractivity contribution is 7.19. The fourth-order valence-corrected chi connectivity index (χ4v) is 4.59. The van der Waals surface area contributed by atoms with Crippen molar-refractivity contribution in [3.8, 4) is 6.07 Å². The number of carbonyl (C=O) groups excluding carboxylic acids is 4. The molecular weight excluding hydrogens is 489 g/mol. The second-order valence-corrected chi connectivity index (χ2v) is 8.63. The van der Waals surface area contributed by atoms with Crippen molar-refractivity contribution in [2.24, 2.45) is 5.10 Å². The molecule has 1 fully saturated rings. The zero-order valence-electron chi connectivity index (χ0n) is 16.4. The van der Waals surface area contributed by atoms with E-state index in [0.29, 0.717) is 10.4 Å². The number of ketones is 1. The molecule has 0 aliphatic carbocycles. The summed E-state index contributed by atoms with van der Waals surface area (Å²) < 4.78 is 0.730. The van der Waals surface area contributed by atoms with Crippen LogP contribution in [-0.4, -0.2) is 34.2 Å². The second-order valence-electron chi connectivity index (χ2n) is 6.73. The van der Waals surface area contributed by atoms with E-state index in [-0.39, 0.29) is 20.7 Å². The van der Waals surface area contributed by atoms with Crippen molar-refractivity contribution < 1.29 is 19.2 Å². The van der Waals surface area contributed by atoms with Gasteiger partial charge in [0.25, 0.3) is 11.8 Å². The van der Waals surface area contributed by atoms with Crippen molar-refractivity contribution in [2.75, 3.05) is 4.90 Å². The van der Waals surface area contributed by atoms with E-state index in [0.717, 1.165) is 16.0 Å². The molecule has 9 nitrogen and oxygen atoms in total. The Labute approximate surface area is 200 Å². The molecule has 1 aliphatic rings. The molecule has 2 aromatic carbocycles. The number of para-hydroxylation sites is 1. The molecule has 0 unspecified atom stereocenters. The lowest BCUT2D eigenvalue weighted by molar-refractivity contribution is -0.139. The molecule has 4 rings (SSSR count). The lowest BCUT2D eigenvalue weighted by Gasteiger charge is -2.29. The molecule has 12 heteroatoms. The third-order valence-corrected chi connectivity index (χ3v) is 6.27. The summed E-state index contributed by atoms with van der Waals surface area (Å²) in [7, 11) is 0. The first kappa shape index (κ1) is 22.5. The van der Waals surface area contributed by atoms with Crippen LogP contribution in [0.4, 0.5) is 5.69 Å². The highest BCUT2D eigenvalue weighted by atomic mass is 35.5. The van der Waals surface area contributed by atoms with Gasteiger partial charge in [-0.15, -0.1) is 11.3 Å². The molecule has 1 N–H and O–H groups in total. The van der Waals surface area contributed by atoms with Gasteiger partial charge >= 0.3 is 5.91 Å². The largest absolute Gasteiger partial charge is 0.302 e. The second kappa shape index (κ2) is 9.07. The average Bonchev–Trinajstić information content (AvgIpc) is 3.21. The van der Waals surface area contributed by atoms with Crippen molar-refractivity contribution in [2.45, 2.75) is 12.3 Å². The van der Waals surface area contributed by atoms with Crippen LogP contribution in [0.15, 0.2) is 47.6 Å². The summed E-state index contributed by atoms with van der Waals surface area (Å²) in [6, 6.07) is 12.8. The highest BCUT2D eigenvalue weighted by Gasteiger charge is 2.49. The Hall–Kier alpha value is -3.65. The molecule has 1 saturated heterocycles. The fourth-order valence-electron chi connectivity index (χ4n) is 3.15. The number of hydrogen-bond donors (Lipinski definition) is 1. The summed E-state index contributed by atoms with van der Waals surface area (Å²) in [4.78, 5) is 56.4. The minimum absolute atomic E-state index is 0.000188. The number of amides is 3. The third-order valence-electron chi connectivity index (χ3n) is 4.62. The molecule has 1 aliphatic heterocycles. The van der Waals surface area contributed by atoms with Gasteiger partial charge in [0.1, 0.15) is 23.1 Å². The number of hydrogen-bond acceptors (Lipinski definition) is 8. The van der Waals surface area contributed by atoms with E-state index in [9.17, 15) is 19.2 Å². The third kappa shape index (κ3) is 4.21. The number of anilines is 1. The van der Waals surface area contributed by atoms with Crippen LogP contribution < -0.4 is 10.3 Å². The minimum atomic E-state index is -1.45. The van der Waals surface area contributed by atoms with Crippen LogP contribution >= 0.6 is 34.5 Å². The highest BCUT2D eigenvalue weighted by Crippen LogP contribution is 2.36. The predicted molar refractivity (Wildman–Crippen MR) is 122 cm³/mol. The maximum atomic E-state index is 13.4. The zero-order valence-corrected chi connectivity index (χ0v) is 18.7. The minimum Gasteiger partial charge on any atom is -0.287 e. The number of piperidine rings is 1. The standard InChI is InChI=1S/C21H11Cl2N5O4S/c22-10-5-6-11(23)13(9-10)28-20(31)17(27-26-15(29)7-8-24)16(18(30)21(28)32)19-25-12-3-1-2-4-14(12)33-19/h1-6,9,16H,7H2,(H,26,29)/b27-17+/t16-/m1/s1. The van der Waals surface area contributed by atoms with E-state index < -0.39 is 41.6 Å². The smallest absolute Gasteiger partial charge is 0.287 e. The first-order chi connectivity index (χ1) is 15.8. The molecule has 33 heavy (non-hydrogen) atoms. The van der Waals surface area contributed by atoms with Gasteiger partial charge in [-0.25, -0.2) is 15.3 Å². The normalized spacial score (nSPS) is 17.5. The van der Waals surface area contributed by atoms with Gasteiger partial charge in [0.05, 0.1) is 27.0 Å². The number of fused-ring (bicyclic) bond motifs is 1. The molecule has 1 atom stereocenters. The SMILES string of the molecule is N#CCC(=O)N/N=C1/C(=O)N(c2cc(Cl)ccc2Cl)C(=O)C(=O)[C@@H]1c1nc2ccccc2s1. The number of halogens is 2. The summed E-state index contributed by atoms with van der Waals surface area (Å²) >= 11 is 13.3. The van der Waals surface area contributed by atoms with Gasteiger partial charge in [0, 0.05) is 5.02 Å². The first-order valence-corrected chi connectivity index (χ1v) is 10.9. The van der Waals surface area contributed by atoms with Gasteiger partial charge in [0.15, 0.2) is 0 Å². The van der Waals surface area contributed by atoms with Crippen LogP contribution in [-0.2, 0) is 19.2 Å². The van der Waals surface area contributed by atoms with Gasteiger partial charge in [-0.2, -0.15) is 10.4 Å². The summed E-state index contributed by atoms with van der Waals surface area (Å²) in [5.41, 5.74) is 2.10. The van der Waals surface area contributed by atoms with E-state index in [1.165, 1.54) is 18.2 Å². The van der Waals surface area contributed by atoms with Gasteiger partial charge in [-0.3, -0.25) is 19.2 Å². The Morgan fingerprint density at radius 2 is 1.94 bits per heavy atom. The molecule has 2 heterocycles. The number of nitrogens with zero attached hydrogens (tertiary/aromatic N) is 4. The fraction of sp³-hybridized carbons (Fsp3) is 0.0952. The summed E-state index contributed by atoms with van der Waals surface area (Å²) in [5, 5.41) is 12.8. The Balaban J connectivity index is 1.85. The molecule has 1 aromatic heterocycles. The molecule has 164 valence electrons. The molecule has 3 aromatic rings. The number of nitrogens with one attached hydrogen (secondary N) is 1. The van der Waals surface area contributed by atoms with Crippen LogP contribution in [0, 0.1) is 11.3 Å². The van der Waals surface area contributed by atoms with Crippen molar-refractivity contribution >= 4 is 79.7 Å². The number of benzene rings is 2. The molecule has 0 bridgehead atoms. The van der Waals surface area contributed by atoms with E-state index in [4.69, 9.17) is 28.5 Å². The molecule has 0 radical (unpaired) electrons. The number of carbonyl (C=O) groups is 4. The summed E-state index contributed by atoms with van der Waals surface area (Å²) in [6.07, 6.45) is -0.520. The average molecular weight is 500 g/mol.